The molecule has 0 aromatic heterocycles. The molecule has 0 radical (unpaired) electrons. The number of thiocarbonyl (C=S) groups is 2. The molecule has 0 amide bonds. The molecule has 0 aliphatic rings. The van der Waals surface area contributed by atoms with Gasteiger partial charge in [0, 0.05) is 38.0 Å². The number of hydrogen-bond donors (Lipinski definition) is 6. The van der Waals surface area contributed by atoms with Crippen molar-refractivity contribution in [3.05, 3.63) is 144 Å². The lowest BCUT2D eigenvalue weighted by Gasteiger charge is -2.19. The first-order valence-electron chi connectivity index (χ1n) is 19.9. The molecule has 0 aliphatic carbocycles. The minimum Gasteiger partial charge on any atom is -0.363 e. The maximum Gasteiger partial charge on any atom is 0.166 e. The van der Waals surface area contributed by atoms with Gasteiger partial charge in [0.2, 0.25) is 0 Å². The van der Waals surface area contributed by atoms with Gasteiger partial charge in [-0.2, -0.15) is 0 Å². The van der Waals surface area contributed by atoms with Crippen LogP contribution in [0.2, 0.25) is 0 Å². The predicted octanol–water partition coefficient (Wildman–Crippen LogP) is 8.91. The van der Waals surface area contributed by atoms with Gasteiger partial charge in [0.1, 0.15) is 0 Å². The van der Waals surface area contributed by atoms with E-state index in [1.807, 2.05) is 0 Å². The summed E-state index contributed by atoms with van der Waals surface area (Å²) in [6.07, 6.45) is 10.5. The van der Waals surface area contributed by atoms with E-state index in [1.54, 1.807) is 0 Å². The van der Waals surface area contributed by atoms with E-state index in [4.69, 9.17) is 24.4 Å². The van der Waals surface area contributed by atoms with E-state index in [0.29, 0.717) is 11.8 Å². The molecule has 6 nitrogen and oxygen atoms in total. The van der Waals surface area contributed by atoms with Crippen molar-refractivity contribution in [2.24, 2.45) is 0 Å². The van der Waals surface area contributed by atoms with Crippen LogP contribution in [0.15, 0.2) is 121 Å². The molecule has 0 heterocycles. The highest BCUT2D eigenvalue weighted by Gasteiger charge is 2.15. The lowest BCUT2D eigenvalue weighted by Crippen LogP contribution is -2.37. The zero-order chi connectivity index (χ0) is 37.0. The SMILES string of the molecule is C.S=C(NCCCNCCCCCCCNCCCNC(=S)NCCC(c1ccccc1)c1ccccc1)NCCC(c1ccccc1)c1ccccc1. The monoisotopic (exact) mass is 766 g/mol. The Morgan fingerprint density at radius 2 is 0.630 bits per heavy atom. The van der Waals surface area contributed by atoms with Crippen molar-refractivity contribution < 1.29 is 0 Å². The zero-order valence-corrected chi connectivity index (χ0v) is 33.2. The lowest BCUT2D eigenvalue weighted by molar-refractivity contribution is 0.546. The Labute approximate surface area is 338 Å². The summed E-state index contributed by atoms with van der Waals surface area (Å²) < 4.78 is 0. The molecule has 0 spiro atoms. The van der Waals surface area contributed by atoms with Crippen molar-refractivity contribution in [1.29, 1.82) is 0 Å². The van der Waals surface area contributed by atoms with Crippen molar-refractivity contribution in [3.8, 4) is 0 Å². The Balaban J connectivity index is 0.00000784. The van der Waals surface area contributed by atoms with Gasteiger partial charge in [-0.25, -0.2) is 0 Å². The largest absolute Gasteiger partial charge is 0.363 e. The van der Waals surface area contributed by atoms with Crippen molar-refractivity contribution in [3.63, 3.8) is 0 Å². The third-order valence-electron chi connectivity index (χ3n) is 9.58. The minimum atomic E-state index is 0. The summed E-state index contributed by atoms with van der Waals surface area (Å²) in [7, 11) is 0. The molecule has 6 N–H and O–H groups in total. The average Bonchev–Trinajstić information content (AvgIpc) is 3.20. The van der Waals surface area contributed by atoms with E-state index in [9.17, 15) is 0 Å². The van der Waals surface area contributed by atoms with Gasteiger partial charge >= 0.3 is 0 Å². The number of rotatable bonds is 26. The highest BCUT2D eigenvalue weighted by Crippen LogP contribution is 2.28. The Morgan fingerprint density at radius 3 is 0.963 bits per heavy atom. The van der Waals surface area contributed by atoms with E-state index in [-0.39, 0.29) is 7.43 Å². The maximum absolute atomic E-state index is 5.54. The number of unbranched alkanes of at least 4 members (excludes halogenated alkanes) is 4. The molecule has 0 saturated heterocycles. The fraction of sp³-hybridized carbons (Fsp3) is 0.435. The molecular formula is C46H66N6S2. The third kappa shape index (κ3) is 18.5. The second kappa shape index (κ2) is 28.6. The zero-order valence-electron chi connectivity index (χ0n) is 31.5. The molecule has 4 aromatic rings. The topological polar surface area (TPSA) is 72.2 Å². The van der Waals surface area contributed by atoms with Crippen LogP contribution in [-0.4, -0.2) is 62.6 Å². The lowest BCUT2D eigenvalue weighted by atomic mass is 9.88. The summed E-state index contributed by atoms with van der Waals surface area (Å²) >= 11 is 11.1. The smallest absolute Gasteiger partial charge is 0.166 e. The van der Waals surface area contributed by atoms with Gasteiger partial charge in [0.15, 0.2) is 10.2 Å². The molecule has 0 aliphatic heterocycles. The van der Waals surface area contributed by atoms with Crippen LogP contribution in [0.25, 0.3) is 0 Å². The van der Waals surface area contributed by atoms with Crippen molar-refractivity contribution in [1.82, 2.24) is 31.9 Å². The highest BCUT2D eigenvalue weighted by atomic mass is 32.1. The molecule has 292 valence electrons. The van der Waals surface area contributed by atoms with Gasteiger partial charge in [-0.1, -0.05) is 148 Å². The van der Waals surface area contributed by atoms with Crippen LogP contribution in [0.1, 0.15) is 99.3 Å². The Morgan fingerprint density at radius 1 is 0.352 bits per heavy atom. The number of benzene rings is 4. The second-order valence-corrected chi connectivity index (χ2v) is 14.5. The summed E-state index contributed by atoms with van der Waals surface area (Å²) in [5.74, 6) is 0.716. The van der Waals surface area contributed by atoms with E-state index < -0.39 is 0 Å². The average molecular weight is 767 g/mol. The maximum atomic E-state index is 5.54. The molecule has 4 rings (SSSR count). The van der Waals surface area contributed by atoms with Gasteiger partial charge in [-0.3, -0.25) is 0 Å². The molecule has 0 saturated carbocycles. The molecule has 0 unspecified atom stereocenters. The first-order chi connectivity index (χ1) is 26.2. The summed E-state index contributed by atoms with van der Waals surface area (Å²) in [6.45, 7) is 7.66. The number of nitrogens with one attached hydrogen (secondary N) is 6. The Kier molecular flexibility index (Phi) is 23.6. The molecule has 0 bridgehead atoms. The van der Waals surface area contributed by atoms with Crippen LogP contribution in [0, 0.1) is 0 Å². The molecule has 54 heavy (non-hydrogen) atoms. The normalized spacial score (nSPS) is 10.9. The summed E-state index contributed by atoms with van der Waals surface area (Å²) in [4.78, 5) is 0. The van der Waals surface area contributed by atoms with Crippen LogP contribution >= 0.6 is 24.4 Å². The molecule has 0 atom stereocenters. The summed E-state index contributed by atoms with van der Waals surface area (Å²) in [5.41, 5.74) is 5.37. The van der Waals surface area contributed by atoms with Crippen molar-refractivity contribution in [2.75, 3.05) is 52.4 Å². The van der Waals surface area contributed by atoms with Crippen LogP contribution in [0.5, 0.6) is 0 Å². The van der Waals surface area contributed by atoms with Gasteiger partial charge in [0.05, 0.1) is 0 Å². The highest BCUT2D eigenvalue weighted by molar-refractivity contribution is 7.80. The van der Waals surface area contributed by atoms with E-state index in [1.165, 1.54) is 54.4 Å². The Hall–Kier alpha value is -3.82. The van der Waals surface area contributed by atoms with Gasteiger partial charge in [0.25, 0.3) is 0 Å². The first kappa shape index (κ1) is 44.6. The van der Waals surface area contributed by atoms with Crippen molar-refractivity contribution in [2.45, 2.75) is 77.0 Å². The van der Waals surface area contributed by atoms with Crippen LogP contribution < -0.4 is 31.9 Å². The molecule has 8 heteroatoms. The van der Waals surface area contributed by atoms with Gasteiger partial charge < -0.3 is 31.9 Å². The van der Waals surface area contributed by atoms with Crippen LogP contribution in [0.3, 0.4) is 0 Å². The van der Waals surface area contributed by atoms with Gasteiger partial charge in [-0.05, 0) is 111 Å². The molecule has 0 fully saturated rings. The third-order valence-corrected chi connectivity index (χ3v) is 10.2. The Bertz CT molecular complexity index is 1310. The van der Waals surface area contributed by atoms with Gasteiger partial charge in [-0.15, -0.1) is 0 Å². The van der Waals surface area contributed by atoms with Crippen LogP contribution in [-0.2, 0) is 0 Å². The van der Waals surface area contributed by atoms with E-state index in [2.05, 4.69) is 153 Å². The summed E-state index contributed by atoms with van der Waals surface area (Å²) in [6, 6.07) is 43.0. The molecule has 4 aromatic carbocycles. The quantitative estimate of drug-likeness (QED) is 0.0280. The standard InChI is InChI=1S/C45H62N6S2.CH4/c52-44(50-36-28-42(38-20-8-4-9-21-38)39-22-10-5-11-23-39)48-34-18-32-46-30-16-2-1-3-17-31-47-33-19-35-49-45(53)51-37-29-43(40-24-12-6-13-25-40)41-26-14-7-15-27-41;/h4-15,20-27,42-43,46-47H,1-3,16-19,28-37H2,(H2,48,50,52)(H2,49,51,53);1H4. The first-order valence-corrected chi connectivity index (χ1v) is 20.7. The predicted molar refractivity (Wildman–Crippen MR) is 241 cm³/mol. The summed E-state index contributed by atoms with van der Waals surface area (Å²) in [5, 5.41) is 22.2. The molecular weight excluding hydrogens is 701 g/mol. The second-order valence-electron chi connectivity index (χ2n) is 13.7. The van der Waals surface area contributed by atoms with E-state index in [0.717, 1.165) is 88.3 Å². The van der Waals surface area contributed by atoms with Crippen molar-refractivity contribution >= 4 is 34.7 Å². The number of hydrogen-bond acceptors (Lipinski definition) is 4. The fourth-order valence-electron chi connectivity index (χ4n) is 6.69. The van der Waals surface area contributed by atoms with Crippen LogP contribution in [0.4, 0.5) is 0 Å². The van der Waals surface area contributed by atoms with E-state index >= 15 is 0 Å². The minimum absolute atomic E-state index is 0. The fourth-order valence-corrected chi connectivity index (χ4v) is 7.10.